The van der Waals surface area contributed by atoms with Crippen molar-refractivity contribution in [3.8, 4) is 0 Å². The molecule has 0 saturated heterocycles. The van der Waals surface area contributed by atoms with Gasteiger partial charge in [-0.05, 0) is 19.5 Å². The van der Waals surface area contributed by atoms with Crippen molar-refractivity contribution in [3.63, 3.8) is 0 Å². The van der Waals surface area contributed by atoms with Crippen LogP contribution in [-0.2, 0) is 4.57 Å². The second kappa shape index (κ2) is 2.35. The standard InChI is InChI=1S/C9H13OP/c1-11(10)6-8-4-2-3-5-9(8)7-11/h2-3H,4-7H2,1H3. The topological polar surface area (TPSA) is 17.1 Å². The summed E-state index contributed by atoms with van der Waals surface area (Å²) in [4.78, 5) is 0. The number of hydrogen-bond acceptors (Lipinski definition) is 1. The van der Waals surface area contributed by atoms with E-state index in [2.05, 4.69) is 12.2 Å². The van der Waals surface area contributed by atoms with Gasteiger partial charge in [0.25, 0.3) is 0 Å². The van der Waals surface area contributed by atoms with Crippen LogP contribution in [0.2, 0.25) is 0 Å². The van der Waals surface area contributed by atoms with Crippen LogP contribution >= 0.6 is 7.14 Å². The molecule has 0 radical (unpaired) electrons. The molecule has 1 aliphatic heterocycles. The van der Waals surface area contributed by atoms with Gasteiger partial charge in [0, 0.05) is 12.3 Å². The van der Waals surface area contributed by atoms with E-state index in [1.807, 2.05) is 6.66 Å². The number of rotatable bonds is 0. The first-order chi connectivity index (χ1) is 5.17. The molecule has 0 bridgehead atoms. The van der Waals surface area contributed by atoms with Crippen molar-refractivity contribution < 1.29 is 4.57 Å². The lowest BCUT2D eigenvalue weighted by atomic mass is 10.0. The van der Waals surface area contributed by atoms with Gasteiger partial charge in [0.1, 0.15) is 0 Å². The molecular weight excluding hydrogens is 155 g/mol. The van der Waals surface area contributed by atoms with Crippen molar-refractivity contribution in [3.05, 3.63) is 23.3 Å². The Morgan fingerprint density at radius 1 is 1.18 bits per heavy atom. The van der Waals surface area contributed by atoms with Crippen molar-refractivity contribution in [1.29, 1.82) is 0 Å². The molecule has 0 aromatic heterocycles. The summed E-state index contributed by atoms with van der Waals surface area (Å²) in [7, 11) is -1.76. The fraction of sp³-hybridized carbons (Fsp3) is 0.556. The Balaban J connectivity index is 2.24. The average Bonchev–Trinajstić information content (AvgIpc) is 2.21. The van der Waals surface area contributed by atoms with Crippen LogP contribution in [0.1, 0.15) is 12.8 Å². The molecule has 0 fully saturated rings. The molecule has 1 nitrogen and oxygen atoms in total. The highest BCUT2D eigenvalue weighted by Gasteiger charge is 2.28. The fourth-order valence-electron chi connectivity index (χ4n) is 1.96. The molecule has 2 aliphatic rings. The Kier molecular flexibility index (Phi) is 1.57. The van der Waals surface area contributed by atoms with Crippen molar-refractivity contribution in [1.82, 2.24) is 0 Å². The zero-order valence-corrected chi connectivity index (χ0v) is 7.73. The Morgan fingerprint density at radius 2 is 1.64 bits per heavy atom. The molecule has 2 rings (SSSR count). The zero-order chi connectivity index (χ0) is 7.90. The average molecular weight is 168 g/mol. The van der Waals surface area contributed by atoms with Crippen LogP contribution in [0.15, 0.2) is 23.3 Å². The molecule has 1 heterocycles. The molecule has 0 atom stereocenters. The maximum absolute atomic E-state index is 11.7. The minimum Gasteiger partial charge on any atom is -0.323 e. The molecule has 0 unspecified atom stereocenters. The lowest BCUT2D eigenvalue weighted by Crippen LogP contribution is -1.90. The van der Waals surface area contributed by atoms with Gasteiger partial charge in [-0.1, -0.05) is 23.3 Å². The fourth-order valence-corrected chi connectivity index (χ4v) is 4.39. The molecule has 0 aromatic carbocycles. The lowest BCUT2D eigenvalue weighted by Gasteiger charge is -2.05. The van der Waals surface area contributed by atoms with E-state index in [4.69, 9.17) is 0 Å². The zero-order valence-electron chi connectivity index (χ0n) is 6.84. The van der Waals surface area contributed by atoms with Gasteiger partial charge in [0.05, 0.1) is 7.14 Å². The highest BCUT2D eigenvalue weighted by atomic mass is 31.2. The predicted octanol–water partition coefficient (Wildman–Crippen LogP) is 2.64. The maximum Gasteiger partial charge on any atom is 0.0925 e. The molecule has 0 N–H and O–H groups in total. The molecule has 60 valence electrons. The summed E-state index contributed by atoms with van der Waals surface area (Å²) in [6.07, 6.45) is 8.31. The van der Waals surface area contributed by atoms with Gasteiger partial charge in [0.2, 0.25) is 0 Å². The summed E-state index contributed by atoms with van der Waals surface area (Å²) >= 11 is 0. The third kappa shape index (κ3) is 1.35. The van der Waals surface area contributed by atoms with Crippen molar-refractivity contribution >= 4 is 7.14 Å². The summed E-state index contributed by atoms with van der Waals surface area (Å²) in [5.41, 5.74) is 2.94. The van der Waals surface area contributed by atoms with Gasteiger partial charge in [-0.2, -0.15) is 0 Å². The second-order valence-electron chi connectivity index (χ2n) is 3.70. The van der Waals surface area contributed by atoms with E-state index < -0.39 is 7.14 Å². The van der Waals surface area contributed by atoms with Crippen LogP contribution < -0.4 is 0 Å². The van der Waals surface area contributed by atoms with E-state index in [1.165, 1.54) is 11.1 Å². The Labute approximate surface area is 67.6 Å². The smallest absolute Gasteiger partial charge is 0.0925 e. The molecule has 0 amide bonds. The van der Waals surface area contributed by atoms with Crippen LogP contribution in [0.25, 0.3) is 0 Å². The molecule has 0 spiro atoms. The lowest BCUT2D eigenvalue weighted by molar-refractivity contribution is 0.583. The normalized spacial score (nSPS) is 27.4. The largest absolute Gasteiger partial charge is 0.323 e. The molecule has 1 aliphatic carbocycles. The van der Waals surface area contributed by atoms with E-state index >= 15 is 0 Å². The minimum atomic E-state index is -1.76. The summed E-state index contributed by atoms with van der Waals surface area (Å²) in [6, 6.07) is 0. The van der Waals surface area contributed by atoms with Crippen molar-refractivity contribution in [2.45, 2.75) is 12.8 Å². The SMILES string of the molecule is CP1(=O)CC2=C(CC=CC2)C1. The molecule has 0 aromatic rings. The monoisotopic (exact) mass is 168 g/mol. The highest BCUT2D eigenvalue weighted by molar-refractivity contribution is 7.64. The van der Waals surface area contributed by atoms with Crippen LogP contribution in [0.4, 0.5) is 0 Å². The quantitative estimate of drug-likeness (QED) is 0.401. The Morgan fingerprint density at radius 3 is 2.09 bits per heavy atom. The van der Waals surface area contributed by atoms with E-state index in [9.17, 15) is 4.57 Å². The maximum atomic E-state index is 11.7. The second-order valence-corrected chi connectivity index (χ2v) is 6.93. The van der Waals surface area contributed by atoms with Gasteiger partial charge in [-0.15, -0.1) is 0 Å². The summed E-state index contributed by atoms with van der Waals surface area (Å²) < 4.78 is 11.7. The van der Waals surface area contributed by atoms with Gasteiger partial charge in [-0.25, -0.2) is 0 Å². The van der Waals surface area contributed by atoms with E-state index in [0.717, 1.165) is 25.2 Å². The van der Waals surface area contributed by atoms with Gasteiger partial charge >= 0.3 is 0 Å². The van der Waals surface area contributed by atoms with Gasteiger partial charge < -0.3 is 4.57 Å². The number of hydrogen-bond donors (Lipinski definition) is 0. The van der Waals surface area contributed by atoms with E-state index in [-0.39, 0.29) is 0 Å². The van der Waals surface area contributed by atoms with Crippen molar-refractivity contribution in [2.75, 3.05) is 19.0 Å². The first-order valence-corrected chi connectivity index (χ1v) is 6.60. The first kappa shape index (κ1) is 7.36. The predicted molar refractivity (Wildman–Crippen MR) is 48.7 cm³/mol. The van der Waals surface area contributed by atoms with Gasteiger partial charge in [0.15, 0.2) is 0 Å². The summed E-state index contributed by atoms with van der Waals surface area (Å²) in [6.45, 7) is 1.94. The van der Waals surface area contributed by atoms with E-state index in [1.54, 1.807) is 0 Å². The van der Waals surface area contributed by atoms with Crippen molar-refractivity contribution in [2.24, 2.45) is 0 Å². The van der Waals surface area contributed by atoms with Gasteiger partial charge in [-0.3, -0.25) is 0 Å². The molecular formula is C9H13OP. The summed E-state index contributed by atoms with van der Waals surface area (Å²) in [5, 5.41) is 0. The Bertz CT molecular complexity index is 262. The molecule has 0 saturated carbocycles. The highest BCUT2D eigenvalue weighted by Crippen LogP contribution is 2.53. The minimum absolute atomic E-state index is 0.896. The summed E-state index contributed by atoms with van der Waals surface area (Å²) in [5.74, 6) is 0. The Hall–Kier alpha value is -0.290. The first-order valence-electron chi connectivity index (χ1n) is 4.08. The molecule has 11 heavy (non-hydrogen) atoms. The van der Waals surface area contributed by atoms with Crippen LogP contribution in [0.3, 0.4) is 0 Å². The van der Waals surface area contributed by atoms with E-state index in [0.29, 0.717) is 0 Å². The number of allylic oxidation sites excluding steroid dienone is 4. The third-order valence-corrected chi connectivity index (χ3v) is 4.55. The molecule has 2 heteroatoms. The van der Waals surface area contributed by atoms with Crippen LogP contribution in [-0.4, -0.2) is 19.0 Å². The third-order valence-electron chi connectivity index (χ3n) is 2.45. The van der Waals surface area contributed by atoms with Crippen LogP contribution in [0.5, 0.6) is 0 Å². The van der Waals surface area contributed by atoms with Crippen LogP contribution in [0, 0.1) is 0 Å².